The Labute approximate surface area is 154 Å². The molecule has 0 radical (unpaired) electrons. The molecule has 0 unspecified atom stereocenters. The average Bonchev–Trinajstić information content (AvgIpc) is 2.63. The van der Waals surface area contributed by atoms with Crippen molar-refractivity contribution >= 4 is 11.6 Å². The molecule has 2 aromatic carbocycles. The van der Waals surface area contributed by atoms with E-state index in [1.165, 1.54) is 18.6 Å². The summed E-state index contributed by atoms with van der Waals surface area (Å²) in [6.07, 6.45) is 4.04. The first-order valence-corrected chi connectivity index (χ1v) is 9.15. The van der Waals surface area contributed by atoms with Crippen LogP contribution in [0.1, 0.15) is 36.0 Å². The van der Waals surface area contributed by atoms with Crippen molar-refractivity contribution in [2.24, 2.45) is 0 Å². The van der Waals surface area contributed by atoms with E-state index in [2.05, 4.69) is 5.32 Å². The zero-order valence-electron chi connectivity index (χ0n) is 15.1. The number of carbonyl (C=O) groups is 1. The molecule has 138 valence electrons. The van der Waals surface area contributed by atoms with Crippen LogP contribution in [-0.4, -0.2) is 37.0 Å². The number of nitrogens with one attached hydrogen (secondary N) is 1. The van der Waals surface area contributed by atoms with E-state index < -0.39 is 0 Å². The van der Waals surface area contributed by atoms with Gasteiger partial charge in [0, 0.05) is 25.3 Å². The van der Waals surface area contributed by atoms with Gasteiger partial charge in [-0.1, -0.05) is 12.1 Å². The number of anilines is 1. The van der Waals surface area contributed by atoms with Crippen molar-refractivity contribution < 1.29 is 13.9 Å². The number of nitrogens with zero attached hydrogens (tertiary/aromatic N) is 1. The van der Waals surface area contributed by atoms with Crippen molar-refractivity contribution in [1.82, 2.24) is 4.90 Å². The lowest BCUT2D eigenvalue weighted by Gasteiger charge is -2.38. The van der Waals surface area contributed by atoms with Crippen molar-refractivity contribution in [2.45, 2.75) is 31.7 Å². The third-order valence-electron chi connectivity index (χ3n) is 4.83. The maximum Gasteiger partial charge on any atom is 0.256 e. The van der Waals surface area contributed by atoms with Crippen LogP contribution >= 0.6 is 0 Å². The zero-order chi connectivity index (χ0) is 18.4. The van der Waals surface area contributed by atoms with Crippen LogP contribution in [0.3, 0.4) is 0 Å². The Hall–Kier alpha value is -2.56. The molecular formula is C21H25FN2O2. The molecule has 5 heteroatoms. The molecule has 1 amide bonds. The SMILES string of the molecule is CNc1ccccc1C(=O)N(CCCOc1ccc(F)cc1)C1CCC1. The standard InChI is InChI=1S/C21H25FN2O2/c1-23-20-9-3-2-8-19(20)21(25)24(17-6-4-7-17)14-5-15-26-18-12-10-16(22)11-13-18/h2-3,8-13,17,23H,4-7,14-15H2,1H3. The van der Waals surface area contributed by atoms with E-state index in [-0.39, 0.29) is 11.7 Å². The minimum atomic E-state index is -0.276. The lowest BCUT2D eigenvalue weighted by molar-refractivity contribution is 0.0566. The summed E-state index contributed by atoms with van der Waals surface area (Å²) >= 11 is 0. The van der Waals surface area contributed by atoms with E-state index in [1.54, 1.807) is 12.1 Å². The van der Waals surface area contributed by atoms with Crippen molar-refractivity contribution in [1.29, 1.82) is 0 Å². The minimum absolute atomic E-state index is 0.0708. The molecular weight excluding hydrogens is 331 g/mol. The van der Waals surface area contributed by atoms with Gasteiger partial charge in [0.2, 0.25) is 0 Å². The molecule has 1 aliphatic rings. The highest BCUT2D eigenvalue weighted by atomic mass is 19.1. The largest absolute Gasteiger partial charge is 0.494 e. The smallest absolute Gasteiger partial charge is 0.256 e. The summed E-state index contributed by atoms with van der Waals surface area (Å²) < 4.78 is 18.6. The van der Waals surface area contributed by atoms with E-state index in [4.69, 9.17) is 4.74 Å². The maximum absolute atomic E-state index is 13.1. The predicted octanol–water partition coefficient (Wildman–Crippen LogP) is 4.33. The number of hydrogen-bond acceptors (Lipinski definition) is 3. The van der Waals surface area contributed by atoms with Gasteiger partial charge in [0.25, 0.3) is 5.91 Å². The van der Waals surface area contributed by atoms with Gasteiger partial charge in [-0.05, 0) is 62.1 Å². The molecule has 1 aliphatic carbocycles. The second-order valence-corrected chi connectivity index (χ2v) is 6.53. The third kappa shape index (κ3) is 4.34. The first-order valence-electron chi connectivity index (χ1n) is 9.15. The van der Waals surface area contributed by atoms with E-state index >= 15 is 0 Å². The number of benzene rings is 2. The first kappa shape index (κ1) is 18.2. The van der Waals surface area contributed by atoms with Gasteiger partial charge in [0.1, 0.15) is 11.6 Å². The number of ether oxygens (including phenoxy) is 1. The van der Waals surface area contributed by atoms with E-state index in [0.717, 1.165) is 24.9 Å². The van der Waals surface area contributed by atoms with E-state index in [9.17, 15) is 9.18 Å². The lowest BCUT2D eigenvalue weighted by Crippen LogP contribution is -2.45. The second-order valence-electron chi connectivity index (χ2n) is 6.53. The maximum atomic E-state index is 13.1. The molecule has 0 heterocycles. The van der Waals surface area contributed by atoms with Crippen molar-refractivity contribution in [3.05, 3.63) is 59.9 Å². The fourth-order valence-electron chi connectivity index (χ4n) is 3.15. The Morgan fingerprint density at radius 3 is 2.58 bits per heavy atom. The first-order chi connectivity index (χ1) is 12.7. The van der Waals surface area contributed by atoms with E-state index in [1.807, 2.05) is 36.2 Å². The summed E-state index contributed by atoms with van der Waals surface area (Å²) in [6.45, 7) is 1.15. The molecule has 4 nitrogen and oxygen atoms in total. The summed E-state index contributed by atoms with van der Waals surface area (Å²) in [5.74, 6) is 0.442. The number of para-hydroxylation sites is 1. The molecule has 1 saturated carbocycles. The van der Waals surface area contributed by atoms with Crippen molar-refractivity contribution in [3.8, 4) is 5.75 Å². The number of amides is 1. The average molecular weight is 356 g/mol. The monoisotopic (exact) mass is 356 g/mol. The Bertz CT molecular complexity index is 729. The topological polar surface area (TPSA) is 41.6 Å². The van der Waals surface area contributed by atoms with Gasteiger partial charge in [-0.2, -0.15) is 0 Å². The van der Waals surface area contributed by atoms with Gasteiger partial charge in [-0.25, -0.2) is 4.39 Å². The minimum Gasteiger partial charge on any atom is -0.494 e. The highest BCUT2D eigenvalue weighted by Gasteiger charge is 2.29. The summed E-state index contributed by atoms with van der Waals surface area (Å²) in [6, 6.07) is 13.9. The fraction of sp³-hybridized carbons (Fsp3) is 0.381. The third-order valence-corrected chi connectivity index (χ3v) is 4.83. The van der Waals surface area contributed by atoms with Gasteiger partial charge in [0.15, 0.2) is 0 Å². The zero-order valence-corrected chi connectivity index (χ0v) is 15.1. The second kappa shape index (κ2) is 8.70. The summed E-state index contributed by atoms with van der Waals surface area (Å²) in [5, 5.41) is 3.10. The van der Waals surface area contributed by atoms with Gasteiger partial charge in [-0.3, -0.25) is 4.79 Å². The molecule has 26 heavy (non-hydrogen) atoms. The molecule has 0 saturated heterocycles. The van der Waals surface area contributed by atoms with Crippen LogP contribution in [0.25, 0.3) is 0 Å². The molecule has 0 bridgehead atoms. The van der Waals surface area contributed by atoms with Crippen LogP contribution in [-0.2, 0) is 0 Å². The lowest BCUT2D eigenvalue weighted by atomic mass is 9.90. The molecule has 0 spiro atoms. The highest BCUT2D eigenvalue weighted by molar-refractivity contribution is 5.99. The molecule has 0 atom stereocenters. The molecule has 2 aromatic rings. The molecule has 1 fully saturated rings. The number of carbonyl (C=O) groups excluding carboxylic acids is 1. The Morgan fingerprint density at radius 1 is 1.19 bits per heavy atom. The van der Waals surface area contributed by atoms with Crippen LogP contribution in [0.2, 0.25) is 0 Å². The molecule has 1 N–H and O–H groups in total. The van der Waals surface area contributed by atoms with Crippen LogP contribution in [0, 0.1) is 5.82 Å². The predicted molar refractivity (Wildman–Crippen MR) is 101 cm³/mol. The Balaban J connectivity index is 1.59. The quantitative estimate of drug-likeness (QED) is 0.716. The van der Waals surface area contributed by atoms with Gasteiger partial charge in [-0.15, -0.1) is 0 Å². The van der Waals surface area contributed by atoms with Gasteiger partial charge < -0.3 is 15.0 Å². The van der Waals surface area contributed by atoms with Crippen molar-refractivity contribution in [3.63, 3.8) is 0 Å². The molecule has 0 aliphatic heterocycles. The molecule has 0 aromatic heterocycles. The van der Waals surface area contributed by atoms with Crippen LogP contribution in [0.15, 0.2) is 48.5 Å². The van der Waals surface area contributed by atoms with Crippen LogP contribution in [0.4, 0.5) is 10.1 Å². The summed E-state index contributed by atoms with van der Waals surface area (Å²) in [5.41, 5.74) is 1.56. The summed E-state index contributed by atoms with van der Waals surface area (Å²) in [4.78, 5) is 15.0. The summed E-state index contributed by atoms with van der Waals surface area (Å²) in [7, 11) is 1.83. The van der Waals surface area contributed by atoms with Crippen LogP contribution in [0.5, 0.6) is 5.75 Å². The number of halogens is 1. The number of rotatable bonds is 8. The van der Waals surface area contributed by atoms with Crippen LogP contribution < -0.4 is 10.1 Å². The fourth-order valence-corrected chi connectivity index (χ4v) is 3.15. The Kier molecular flexibility index (Phi) is 6.10. The van der Waals surface area contributed by atoms with E-state index in [0.29, 0.717) is 30.5 Å². The number of hydrogen-bond donors (Lipinski definition) is 1. The normalized spacial score (nSPS) is 13.8. The molecule has 3 rings (SSSR count). The van der Waals surface area contributed by atoms with Gasteiger partial charge in [0.05, 0.1) is 12.2 Å². The van der Waals surface area contributed by atoms with Gasteiger partial charge >= 0.3 is 0 Å². The Morgan fingerprint density at radius 2 is 1.92 bits per heavy atom. The highest BCUT2D eigenvalue weighted by Crippen LogP contribution is 2.28. The van der Waals surface area contributed by atoms with Crippen molar-refractivity contribution in [2.75, 3.05) is 25.5 Å².